The molecule has 1 N–H and O–H groups in total. The smallest absolute Gasteiger partial charge is 0.120 e. The summed E-state index contributed by atoms with van der Waals surface area (Å²) in [6.07, 6.45) is 1.70. The van der Waals surface area contributed by atoms with Gasteiger partial charge in [0, 0.05) is 0 Å². The van der Waals surface area contributed by atoms with Crippen molar-refractivity contribution in [1.29, 1.82) is 0 Å². The molecule has 0 fully saturated rings. The Bertz CT molecular complexity index is 489. The van der Waals surface area contributed by atoms with Crippen LogP contribution in [0.4, 0.5) is 0 Å². The minimum Gasteiger partial charge on any atom is -0.508 e. The first-order valence-electron chi connectivity index (χ1n) is 4.76. The van der Waals surface area contributed by atoms with Gasteiger partial charge in [0.05, 0.1) is 0 Å². The highest BCUT2D eigenvalue weighted by molar-refractivity contribution is 5.85. The maximum Gasteiger partial charge on any atom is 0.120 e. The van der Waals surface area contributed by atoms with Crippen molar-refractivity contribution in [3.05, 3.63) is 49.1 Å². The van der Waals surface area contributed by atoms with Crippen molar-refractivity contribution in [3.63, 3.8) is 0 Å². The lowest BCUT2D eigenvalue weighted by atomic mass is 10.1. The zero-order valence-corrected chi connectivity index (χ0v) is 8.31. The van der Waals surface area contributed by atoms with Crippen molar-refractivity contribution in [3.8, 4) is 11.5 Å². The molecule has 0 saturated heterocycles. The van der Waals surface area contributed by atoms with Crippen molar-refractivity contribution in [2.24, 2.45) is 0 Å². The molecule has 2 aromatic rings. The van der Waals surface area contributed by atoms with Gasteiger partial charge >= 0.3 is 0 Å². The van der Waals surface area contributed by atoms with Crippen LogP contribution in [0.5, 0.6) is 11.5 Å². The van der Waals surface area contributed by atoms with E-state index < -0.39 is 0 Å². The molecule has 0 atom stereocenters. The van der Waals surface area contributed by atoms with Gasteiger partial charge in [0.1, 0.15) is 18.1 Å². The highest BCUT2D eigenvalue weighted by Gasteiger charge is 1.97. The lowest BCUT2D eigenvalue weighted by Gasteiger charge is -2.04. The summed E-state index contributed by atoms with van der Waals surface area (Å²) in [5.74, 6) is 1.05. The number of aromatic hydroxyl groups is 1. The largest absolute Gasteiger partial charge is 0.508 e. The highest BCUT2D eigenvalue weighted by atomic mass is 16.5. The van der Waals surface area contributed by atoms with Crippen molar-refractivity contribution in [2.45, 2.75) is 0 Å². The normalized spacial score (nSPS) is 10.1. The second-order valence-corrected chi connectivity index (χ2v) is 3.29. The summed E-state index contributed by atoms with van der Waals surface area (Å²) >= 11 is 0. The van der Waals surface area contributed by atoms with Gasteiger partial charge in [-0.05, 0) is 35.0 Å². The number of benzene rings is 2. The van der Waals surface area contributed by atoms with E-state index >= 15 is 0 Å². The lowest BCUT2D eigenvalue weighted by Crippen LogP contribution is -1.91. The third-order valence-corrected chi connectivity index (χ3v) is 2.16. The van der Waals surface area contributed by atoms with E-state index in [0.29, 0.717) is 6.61 Å². The maximum atomic E-state index is 9.34. The molecule has 0 aliphatic heterocycles. The lowest BCUT2D eigenvalue weighted by molar-refractivity contribution is 0.364. The topological polar surface area (TPSA) is 29.5 Å². The summed E-state index contributed by atoms with van der Waals surface area (Å²) in [7, 11) is 0. The first kappa shape index (κ1) is 9.59. The van der Waals surface area contributed by atoms with Crippen LogP contribution in [0.25, 0.3) is 10.8 Å². The van der Waals surface area contributed by atoms with Crippen LogP contribution in [-0.2, 0) is 0 Å². The minimum atomic E-state index is 0.267. The Morgan fingerprint density at radius 1 is 1.13 bits per heavy atom. The van der Waals surface area contributed by atoms with Crippen LogP contribution in [0.15, 0.2) is 49.1 Å². The van der Waals surface area contributed by atoms with Crippen LogP contribution in [-0.4, -0.2) is 11.7 Å². The van der Waals surface area contributed by atoms with Gasteiger partial charge in [-0.3, -0.25) is 0 Å². The van der Waals surface area contributed by atoms with E-state index in [4.69, 9.17) is 4.74 Å². The van der Waals surface area contributed by atoms with Crippen LogP contribution < -0.4 is 4.74 Å². The van der Waals surface area contributed by atoms with Crippen LogP contribution in [0.1, 0.15) is 0 Å². The average Bonchev–Trinajstić information content (AvgIpc) is 2.25. The van der Waals surface area contributed by atoms with Crippen molar-refractivity contribution >= 4 is 10.8 Å². The quantitative estimate of drug-likeness (QED) is 0.771. The Balaban J connectivity index is 2.40. The molecule has 0 radical (unpaired) electrons. The highest BCUT2D eigenvalue weighted by Crippen LogP contribution is 2.24. The van der Waals surface area contributed by atoms with Crippen LogP contribution in [0, 0.1) is 0 Å². The molecule has 76 valence electrons. The molecule has 0 aliphatic carbocycles. The number of hydrogen-bond acceptors (Lipinski definition) is 2. The van der Waals surface area contributed by atoms with Crippen LogP contribution in [0.2, 0.25) is 0 Å². The summed E-state index contributed by atoms with van der Waals surface area (Å²) < 4.78 is 5.40. The van der Waals surface area contributed by atoms with Gasteiger partial charge in [0.15, 0.2) is 0 Å². The predicted molar refractivity (Wildman–Crippen MR) is 61.3 cm³/mol. The van der Waals surface area contributed by atoms with Gasteiger partial charge in [0.25, 0.3) is 0 Å². The van der Waals surface area contributed by atoms with E-state index in [1.165, 1.54) is 0 Å². The maximum absolute atomic E-state index is 9.34. The summed E-state index contributed by atoms with van der Waals surface area (Å²) in [6, 6.07) is 11.0. The Morgan fingerprint density at radius 2 is 1.93 bits per heavy atom. The second-order valence-electron chi connectivity index (χ2n) is 3.29. The fourth-order valence-electron chi connectivity index (χ4n) is 1.46. The van der Waals surface area contributed by atoms with E-state index in [0.717, 1.165) is 16.5 Å². The Labute approximate surface area is 88.4 Å². The van der Waals surface area contributed by atoms with E-state index in [1.54, 1.807) is 18.2 Å². The van der Waals surface area contributed by atoms with E-state index in [1.807, 2.05) is 24.3 Å². The Morgan fingerprint density at radius 3 is 2.73 bits per heavy atom. The molecule has 15 heavy (non-hydrogen) atoms. The fraction of sp³-hybridized carbons (Fsp3) is 0.0769. The molecule has 2 aromatic carbocycles. The second kappa shape index (κ2) is 4.05. The Hall–Kier alpha value is -1.96. The summed E-state index contributed by atoms with van der Waals surface area (Å²) in [4.78, 5) is 0. The summed E-state index contributed by atoms with van der Waals surface area (Å²) in [6.45, 7) is 4.08. The standard InChI is InChI=1S/C13H12O2/c1-2-7-15-13-6-4-10-3-5-12(14)8-11(10)9-13/h2-6,8-9,14H,1,7H2. The molecule has 0 heterocycles. The molecule has 0 amide bonds. The van der Waals surface area contributed by atoms with E-state index in [9.17, 15) is 5.11 Å². The zero-order valence-electron chi connectivity index (χ0n) is 8.31. The third kappa shape index (κ3) is 2.10. The minimum absolute atomic E-state index is 0.267. The molecular formula is C13H12O2. The number of ether oxygens (including phenoxy) is 1. The predicted octanol–water partition coefficient (Wildman–Crippen LogP) is 3.11. The number of phenols is 1. The van der Waals surface area contributed by atoms with Gasteiger partial charge in [0.2, 0.25) is 0 Å². The monoisotopic (exact) mass is 200 g/mol. The SMILES string of the molecule is C=CCOc1ccc2ccc(O)cc2c1. The number of rotatable bonds is 3. The number of phenolic OH excluding ortho intramolecular Hbond substituents is 1. The van der Waals surface area contributed by atoms with Crippen LogP contribution in [0.3, 0.4) is 0 Å². The molecule has 0 bridgehead atoms. The molecule has 0 spiro atoms. The fourth-order valence-corrected chi connectivity index (χ4v) is 1.46. The van der Waals surface area contributed by atoms with Gasteiger partial charge in [-0.25, -0.2) is 0 Å². The molecular weight excluding hydrogens is 188 g/mol. The van der Waals surface area contributed by atoms with E-state index in [-0.39, 0.29) is 5.75 Å². The van der Waals surface area contributed by atoms with Gasteiger partial charge < -0.3 is 9.84 Å². The number of fused-ring (bicyclic) bond motifs is 1. The first-order chi connectivity index (χ1) is 7.29. The van der Waals surface area contributed by atoms with Crippen molar-refractivity contribution < 1.29 is 9.84 Å². The first-order valence-corrected chi connectivity index (χ1v) is 4.76. The van der Waals surface area contributed by atoms with Crippen LogP contribution >= 0.6 is 0 Å². The van der Waals surface area contributed by atoms with Crippen molar-refractivity contribution in [1.82, 2.24) is 0 Å². The molecule has 0 unspecified atom stereocenters. The number of hydrogen-bond donors (Lipinski definition) is 1. The molecule has 2 heteroatoms. The van der Waals surface area contributed by atoms with Gasteiger partial charge in [-0.15, -0.1) is 0 Å². The molecule has 0 aromatic heterocycles. The Kier molecular flexibility index (Phi) is 2.59. The van der Waals surface area contributed by atoms with E-state index in [2.05, 4.69) is 6.58 Å². The summed E-state index contributed by atoms with van der Waals surface area (Å²) in [5, 5.41) is 11.4. The summed E-state index contributed by atoms with van der Waals surface area (Å²) in [5.41, 5.74) is 0. The van der Waals surface area contributed by atoms with Gasteiger partial charge in [-0.2, -0.15) is 0 Å². The molecule has 0 saturated carbocycles. The third-order valence-electron chi connectivity index (χ3n) is 2.16. The molecule has 2 nitrogen and oxygen atoms in total. The van der Waals surface area contributed by atoms with Crippen molar-refractivity contribution in [2.75, 3.05) is 6.61 Å². The van der Waals surface area contributed by atoms with Gasteiger partial charge in [-0.1, -0.05) is 24.8 Å². The average molecular weight is 200 g/mol. The molecule has 0 aliphatic rings. The molecule has 2 rings (SSSR count). The zero-order chi connectivity index (χ0) is 10.7.